The van der Waals surface area contributed by atoms with Crippen molar-refractivity contribution in [3.63, 3.8) is 0 Å². The zero-order chi connectivity index (χ0) is 13.8. The fraction of sp³-hybridized carbons (Fsp3) is 0.286. The third-order valence-electron chi connectivity index (χ3n) is 2.86. The molecule has 1 heterocycles. The number of hydrogen-bond donors (Lipinski definition) is 1. The van der Waals surface area contributed by atoms with Gasteiger partial charge in [-0.1, -0.05) is 17.7 Å². The Balaban J connectivity index is 2.39. The average molecular weight is 278 g/mol. The number of aromatic nitrogens is 2. The number of methoxy groups -OCH3 is 1. The van der Waals surface area contributed by atoms with E-state index in [1.165, 1.54) is 0 Å². The molecule has 1 atom stereocenters. The minimum Gasteiger partial charge on any atom is -0.495 e. The van der Waals surface area contributed by atoms with Gasteiger partial charge in [0, 0.05) is 12.4 Å². The lowest BCUT2D eigenvalue weighted by Crippen LogP contribution is -2.20. The summed E-state index contributed by atoms with van der Waals surface area (Å²) >= 11 is 6.03. The highest BCUT2D eigenvalue weighted by Gasteiger charge is 2.16. The average Bonchev–Trinajstić information content (AvgIpc) is 2.43. The minimum atomic E-state index is -0.0910. The molecule has 1 aromatic carbocycles. The van der Waals surface area contributed by atoms with E-state index >= 15 is 0 Å². The van der Waals surface area contributed by atoms with Crippen molar-refractivity contribution in [3.05, 3.63) is 52.6 Å². The molecule has 0 aliphatic carbocycles. The molecular weight excluding hydrogens is 262 g/mol. The van der Waals surface area contributed by atoms with Crippen LogP contribution in [0.15, 0.2) is 30.6 Å². The van der Waals surface area contributed by atoms with Crippen molar-refractivity contribution in [2.24, 2.45) is 0 Å². The van der Waals surface area contributed by atoms with Crippen LogP contribution in [-0.2, 0) is 0 Å². The van der Waals surface area contributed by atoms with E-state index in [1.807, 2.05) is 32.2 Å². The fourth-order valence-electron chi connectivity index (χ4n) is 1.85. The molecule has 0 bridgehead atoms. The molecule has 0 radical (unpaired) electrons. The van der Waals surface area contributed by atoms with Crippen LogP contribution in [-0.4, -0.2) is 24.1 Å². The Labute approximate surface area is 117 Å². The standard InChI is InChI=1S/C14H16ClN3O/c1-9-7-17-14(18-8-9)13(16-2)10-4-5-11(15)12(6-10)19-3/h4-8,13,16H,1-3H3. The van der Waals surface area contributed by atoms with Gasteiger partial charge < -0.3 is 10.1 Å². The van der Waals surface area contributed by atoms with E-state index in [1.54, 1.807) is 19.5 Å². The van der Waals surface area contributed by atoms with E-state index in [2.05, 4.69) is 15.3 Å². The van der Waals surface area contributed by atoms with Crippen LogP contribution in [0.2, 0.25) is 5.02 Å². The number of benzene rings is 1. The van der Waals surface area contributed by atoms with E-state index in [4.69, 9.17) is 16.3 Å². The number of nitrogens with zero attached hydrogens (tertiary/aromatic N) is 2. The maximum Gasteiger partial charge on any atom is 0.149 e. The first-order valence-electron chi connectivity index (χ1n) is 5.95. The maximum absolute atomic E-state index is 6.03. The molecule has 0 aliphatic heterocycles. The first-order chi connectivity index (χ1) is 9.15. The van der Waals surface area contributed by atoms with Gasteiger partial charge in [-0.2, -0.15) is 0 Å². The molecule has 0 saturated heterocycles. The molecule has 1 N–H and O–H groups in total. The molecular formula is C14H16ClN3O. The van der Waals surface area contributed by atoms with E-state index in [9.17, 15) is 0 Å². The monoisotopic (exact) mass is 277 g/mol. The molecule has 4 nitrogen and oxygen atoms in total. The molecule has 1 unspecified atom stereocenters. The van der Waals surface area contributed by atoms with Crippen LogP contribution in [0.1, 0.15) is 23.0 Å². The quantitative estimate of drug-likeness (QED) is 0.933. The van der Waals surface area contributed by atoms with E-state index in [0.29, 0.717) is 10.8 Å². The fourth-order valence-corrected chi connectivity index (χ4v) is 2.05. The lowest BCUT2D eigenvalue weighted by Gasteiger charge is -2.16. The number of halogens is 1. The Kier molecular flexibility index (Phi) is 4.35. The Morgan fingerprint density at radius 2 is 1.95 bits per heavy atom. The summed E-state index contributed by atoms with van der Waals surface area (Å²) in [6.07, 6.45) is 3.61. The van der Waals surface area contributed by atoms with Crippen molar-refractivity contribution in [3.8, 4) is 5.75 Å². The van der Waals surface area contributed by atoms with Crippen molar-refractivity contribution in [1.82, 2.24) is 15.3 Å². The lowest BCUT2D eigenvalue weighted by molar-refractivity contribution is 0.414. The van der Waals surface area contributed by atoms with Crippen LogP contribution in [0.25, 0.3) is 0 Å². The summed E-state index contributed by atoms with van der Waals surface area (Å²) in [6, 6.07) is 5.56. The summed E-state index contributed by atoms with van der Waals surface area (Å²) in [4.78, 5) is 8.71. The van der Waals surface area contributed by atoms with Crippen LogP contribution < -0.4 is 10.1 Å². The summed E-state index contributed by atoms with van der Waals surface area (Å²) in [5.74, 6) is 1.36. The van der Waals surface area contributed by atoms with Crippen molar-refractivity contribution in [1.29, 1.82) is 0 Å². The summed E-state index contributed by atoms with van der Waals surface area (Å²) < 4.78 is 5.23. The minimum absolute atomic E-state index is 0.0910. The first kappa shape index (κ1) is 13.8. The molecule has 1 aromatic heterocycles. The highest BCUT2D eigenvalue weighted by Crippen LogP contribution is 2.29. The maximum atomic E-state index is 6.03. The number of nitrogens with one attached hydrogen (secondary N) is 1. The van der Waals surface area contributed by atoms with Crippen molar-refractivity contribution in [2.75, 3.05) is 14.2 Å². The van der Waals surface area contributed by atoms with E-state index < -0.39 is 0 Å². The van der Waals surface area contributed by atoms with Crippen LogP contribution in [0.4, 0.5) is 0 Å². The number of aryl methyl sites for hydroxylation is 1. The molecule has 19 heavy (non-hydrogen) atoms. The third-order valence-corrected chi connectivity index (χ3v) is 3.17. The molecule has 0 spiro atoms. The summed E-state index contributed by atoms with van der Waals surface area (Å²) in [7, 11) is 3.47. The van der Waals surface area contributed by atoms with Crippen LogP contribution >= 0.6 is 11.6 Å². The molecule has 0 amide bonds. The normalized spacial score (nSPS) is 12.2. The van der Waals surface area contributed by atoms with Crippen molar-refractivity contribution in [2.45, 2.75) is 13.0 Å². The summed E-state index contributed by atoms with van der Waals surface area (Å²) in [5.41, 5.74) is 2.04. The molecule has 100 valence electrons. The SMILES string of the molecule is CNC(c1ccc(Cl)c(OC)c1)c1ncc(C)cn1. The third kappa shape index (κ3) is 3.03. The van der Waals surface area contributed by atoms with Crippen LogP contribution in [0, 0.1) is 6.92 Å². The topological polar surface area (TPSA) is 47.0 Å². The zero-order valence-corrected chi connectivity index (χ0v) is 11.9. The zero-order valence-electron chi connectivity index (χ0n) is 11.1. The van der Waals surface area contributed by atoms with E-state index in [0.717, 1.165) is 17.0 Å². The van der Waals surface area contributed by atoms with E-state index in [-0.39, 0.29) is 6.04 Å². The van der Waals surface area contributed by atoms with Gasteiger partial charge in [-0.3, -0.25) is 0 Å². The Hall–Kier alpha value is -1.65. The molecule has 0 fully saturated rings. The predicted octanol–water partition coefficient (Wildman–Crippen LogP) is 2.76. The number of rotatable bonds is 4. The second-order valence-corrected chi connectivity index (χ2v) is 4.64. The second kappa shape index (κ2) is 5.99. The van der Waals surface area contributed by atoms with Gasteiger partial charge in [0.15, 0.2) is 0 Å². The van der Waals surface area contributed by atoms with Gasteiger partial charge in [0.1, 0.15) is 11.6 Å². The van der Waals surface area contributed by atoms with Gasteiger partial charge >= 0.3 is 0 Å². The van der Waals surface area contributed by atoms with Crippen LogP contribution in [0.3, 0.4) is 0 Å². The first-order valence-corrected chi connectivity index (χ1v) is 6.32. The highest BCUT2D eigenvalue weighted by atomic mass is 35.5. The van der Waals surface area contributed by atoms with Crippen molar-refractivity contribution < 1.29 is 4.74 Å². The van der Waals surface area contributed by atoms with Crippen LogP contribution in [0.5, 0.6) is 5.75 Å². The van der Waals surface area contributed by atoms with Gasteiger partial charge in [-0.25, -0.2) is 9.97 Å². The van der Waals surface area contributed by atoms with Gasteiger partial charge in [-0.15, -0.1) is 0 Å². The van der Waals surface area contributed by atoms with Gasteiger partial charge in [0.2, 0.25) is 0 Å². The Bertz CT molecular complexity index is 557. The molecule has 0 aliphatic rings. The number of ether oxygens (including phenoxy) is 1. The predicted molar refractivity (Wildman–Crippen MR) is 75.7 cm³/mol. The van der Waals surface area contributed by atoms with Gasteiger partial charge in [-0.05, 0) is 37.2 Å². The molecule has 2 aromatic rings. The lowest BCUT2D eigenvalue weighted by atomic mass is 10.1. The molecule has 5 heteroatoms. The molecule has 2 rings (SSSR count). The highest BCUT2D eigenvalue weighted by molar-refractivity contribution is 6.32. The summed E-state index contributed by atoms with van der Waals surface area (Å²) in [5, 5.41) is 3.79. The summed E-state index contributed by atoms with van der Waals surface area (Å²) in [6.45, 7) is 1.96. The second-order valence-electron chi connectivity index (χ2n) is 4.23. The van der Waals surface area contributed by atoms with Crippen molar-refractivity contribution >= 4 is 11.6 Å². The van der Waals surface area contributed by atoms with Gasteiger partial charge in [0.05, 0.1) is 18.2 Å². The Morgan fingerprint density at radius 3 is 2.53 bits per heavy atom. The largest absolute Gasteiger partial charge is 0.495 e. The molecule has 0 saturated carbocycles. The van der Waals surface area contributed by atoms with Gasteiger partial charge in [0.25, 0.3) is 0 Å². The Morgan fingerprint density at radius 1 is 1.26 bits per heavy atom. The number of hydrogen-bond acceptors (Lipinski definition) is 4. The smallest absolute Gasteiger partial charge is 0.149 e.